The van der Waals surface area contributed by atoms with Crippen molar-refractivity contribution in [3.63, 3.8) is 0 Å². The van der Waals surface area contributed by atoms with Crippen molar-refractivity contribution < 1.29 is 27.0 Å². The van der Waals surface area contributed by atoms with Crippen LogP contribution < -0.4 is 9.47 Å². The van der Waals surface area contributed by atoms with Gasteiger partial charge in [-0.1, -0.05) is 59.8 Å². The second-order valence-electron chi connectivity index (χ2n) is 9.59. The molecule has 3 aromatic carbocycles. The number of nitrogens with zero attached hydrogens (tertiary/aromatic N) is 2. The number of hydrogen-bond acceptors (Lipinski definition) is 5. The van der Waals surface area contributed by atoms with Crippen molar-refractivity contribution in [1.29, 1.82) is 0 Å². The lowest BCUT2D eigenvalue weighted by Crippen LogP contribution is -2.34. The topological polar surface area (TPSA) is 34.1 Å². The van der Waals surface area contributed by atoms with Crippen molar-refractivity contribution in [3.05, 3.63) is 117 Å². The standard InChI is InChI=1S/C31H23ClF4N2O2S/c32-22-10-6-19(7-11-22)26-17-41-31-37-27-21(16-18-4-12-23(13-5-18)39-29(33)34)2-1-3-25(27)28(38(26)31)20-8-14-24(15-9-20)40-30(35)36/h4-17,28-30H,1-3H2/b21-16+/t28-/m1/s1. The first-order chi connectivity index (χ1) is 19.9. The van der Waals surface area contributed by atoms with Crippen molar-refractivity contribution >= 4 is 40.3 Å². The highest BCUT2D eigenvalue weighted by Gasteiger charge is 2.40. The summed E-state index contributed by atoms with van der Waals surface area (Å²) >= 11 is 7.68. The van der Waals surface area contributed by atoms with Crippen molar-refractivity contribution in [2.45, 2.75) is 38.5 Å². The van der Waals surface area contributed by atoms with Crippen LogP contribution in [0.4, 0.5) is 17.6 Å². The van der Waals surface area contributed by atoms with Gasteiger partial charge in [0.15, 0.2) is 5.17 Å². The number of ether oxygens (including phenoxy) is 2. The van der Waals surface area contributed by atoms with Gasteiger partial charge < -0.3 is 14.4 Å². The average molecular weight is 599 g/mol. The smallest absolute Gasteiger partial charge is 0.387 e. The molecule has 0 saturated carbocycles. The van der Waals surface area contributed by atoms with E-state index < -0.39 is 13.2 Å². The van der Waals surface area contributed by atoms with E-state index in [-0.39, 0.29) is 17.5 Å². The van der Waals surface area contributed by atoms with Gasteiger partial charge >= 0.3 is 13.2 Å². The van der Waals surface area contributed by atoms with Crippen LogP contribution in [0, 0.1) is 0 Å². The Kier molecular flexibility index (Phi) is 7.81. The molecule has 210 valence electrons. The number of hydrogen-bond donors (Lipinski definition) is 0. The van der Waals surface area contributed by atoms with Crippen LogP contribution in [0.2, 0.25) is 5.02 Å². The molecule has 0 spiro atoms. The van der Waals surface area contributed by atoms with E-state index in [1.165, 1.54) is 23.9 Å². The van der Waals surface area contributed by atoms with Crippen LogP contribution in [-0.2, 0) is 0 Å². The van der Waals surface area contributed by atoms with Gasteiger partial charge in [0.25, 0.3) is 0 Å². The van der Waals surface area contributed by atoms with E-state index in [1.54, 1.807) is 24.3 Å². The van der Waals surface area contributed by atoms with Gasteiger partial charge in [0.05, 0.1) is 17.4 Å². The fraction of sp³-hybridized carbons (Fsp3) is 0.194. The SMILES string of the molecule is FC(F)Oc1ccc(/C=C2\CCCC3=C2N=C2SC=C(c4ccc(Cl)cc4)N2[C@@H]3c2ccc(OC(F)F)cc2)cc1. The van der Waals surface area contributed by atoms with Crippen LogP contribution in [-0.4, -0.2) is 23.3 Å². The molecule has 2 heterocycles. The first kappa shape index (κ1) is 27.5. The first-order valence-electron chi connectivity index (χ1n) is 12.9. The fourth-order valence-electron chi connectivity index (χ4n) is 5.33. The summed E-state index contributed by atoms with van der Waals surface area (Å²) in [6.45, 7) is -5.78. The van der Waals surface area contributed by atoms with Crippen LogP contribution in [0.5, 0.6) is 11.5 Å². The minimum absolute atomic E-state index is 0.0930. The van der Waals surface area contributed by atoms with Gasteiger partial charge in [-0.15, -0.1) is 0 Å². The number of alkyl halides is 4. The summed E-state index contributed by atoms with van der Waals surface area (Å²) in [5.74, 6) is 0.192. The van der Waals surface area contributed by atoms with Gasteiger partial charge in [0, 0.05) is 10.4 Å². The second kappa shape index (κ2) is 11.7. The Balaban J connectivity index is 1.41. The molecule has 1 aliphatic carbocycles. The van der Waals surface area contributed by atoms with Gasteiger partial charge in [0.1, 0.15) is 11.5 Å². The number of benzene rings is 3. The number of aliphatic imine (C=N–C) groups is 1. The molecule has 3 aromatic rings. The van der Waals surface area contributed by atoms with Crippen LogP contribution in [0.1, 0.15) is 42.0 Å². The maximum absolute atomic E-state index is 12.8. The zero-order valence-electron chi connectivity index (χ0n) is 21.4. The third-order valence-corrected chi connectivity index (χ3v) is 8.14. The zero-order chi connectivity index (χ0) is 28.5. The maximum atomic E-state index is 12.8. The minimum atomic E-state index is -2.90. The Morgan fingerprint density at radius 2 is 1.49 bits per heavy atom. The van der Waals surface area contributed by atoms with Gasteiger partial charge in [-0.2, -0.15) is 17.6 Å². The molecule has 0 radical (unpaired) electrons. The third kappa shape index (κ3) is 5.87. The molecule has 0 aromatic heterocycles. The normalized spacial score (nSPS) is 19.3. The lowest BCUT2D eigenvalue weighted by atomic mass is 9.82. The Hall–Kier alpha value is -3.69. The van der Waals surface area contributed by atoms with E-state index in [2.05, 4.69) is 19.8 Å². The molecule has 0 fully saturated rings. The summed E-state index contributed by atoms with van der Waals surface area (Å²) in [5.41, 5.74) is 6.78. The number of halogens is 5. The quantitative estimate of drug-likeness (QED) is 0.254. The van der Waals surface area contributed by atoms with Gasteiger partial charge in [0.2, 0.25) is 0 Å². The summed E-state index contributed by atoms with van der Waals surface area (Å²) in [5, 5.41) is 3.51. The van der Waals surface area contributed by atoms with Crippen LogP contribution >= 0.6 is 23.4 Å². The third-order valence-electron chi connectivity index (χ3n) is 7.05. The lowest BCUT2D eigenvalue weighted by molar-refractivity contribution is -0.0505. The highest BCUT2D eigenvalue weighted by molar-refractivity contribution is 8.16. The molecule has 1 atom stereocenters. The number of rotatable bonds is 7. The molecule has 41 heavy (non-hydrogen) atoms. The van der Waals surface area contributed by atoms with E-state index in [4.69, 9.17) is 16.6 Å². The molecule has 10 heteroatoms. The lowest BCUT2D eigenvalue weighted by Gasteiger charge is -2.40. The van der Waals surface area contributed by atoms with Crippen LogP contribution in [0.15, 0.2) is 100 Å². The van der Waals surface area contributed by atoms with Crippen molar-refractivity contribution in [2.75, 3.05) is 0 Å². The number of fused-ring (bicyclic) bond motifs is 1. The zero-order valence-corrected chi connectivity index (χ0v) is 23.0. The molecule has 0 unspecified atom stereocenters. The van der Waals surface area contributed by atoms with Crippen LogP contribution in [0.3, 0.4) is 0 Å². The molecule has 0 N–H and O–H groups in total. The molecule has 0 bridgehead atoms. The summed E-state index contributed by atoms with van der Waals surface area (Å²) < 4.78 is 59.9. The van der Waals surface area contributed by atoms with Gasteiger partial charge in [-0.05, 0) is 89.6 Å². The molecule has 2 aliphatic heterocycles. The first-order valence-corrected chi connectivity index (χ1v) is 14.2. The molecular formula is C31H23ClF4N2O2S. The Morgan fingerprint density at radius 1 is 0.854 bits per heavy atom. The Bertz CT molecular complexity index is 1550. The molecule has 6 rings (SSSR count). The van der Waals surface area contributed by atoms with Crippen molar-refractivity contribution in [1.82, 2.24) is 4.90 Å². The van der Waals surface area contributed by atoms with Crippen LogP contribution in [0.25, 0.3) is 11.8 Å². The van der Waals surface area contributed by atoms with E-state index in [9.17, 15) is 17.6 Å². The molecule has 3 aliphatic rings. The number of amidine groups is 1. The second-order valence-corrected chi connectivity index (χ2v) is 10.9. The molecule has 0 amide bonds. The maximum Gasteiger partial charge on any atom is 0.387 e. The fourth-order valence-corrected chi connectivity index (χ4v) is 6.38. The average Bonchev–Trinajstić information content (AvgIpc) is 3.37. The van der Waals surface area contributed by atoms with E-state index in [0.717, 1.165) is 63.7 Å². The summed E-state index contributed by atoms with van der Waals surface area (Å²) in [4.78, 5) is 7.31. The number of allylic oxidation sites excluding steroid dienone is 1. The summed E-state index contributed by atoms with van der Waals surface area (Å²) in [7, 11) is 0. The number of thioether (sulfide) groups is 1. The minimum Gasteiger partial charge on any atom is -0.435 e. The van der Waals surface area contributed by atoms with E-state index in [1.807, 2.05) is 42.5 Å². The highest BCUT2D eigenvalue weighted by Crippen LogP contribution is 2.51. The van der Waals surface area contributed by atoms with Crippen molar-refractivity contribution in [2.24, 2.45) is 4.99 Å². The van der Waals surface area contributed by atoms with Gasteiger partial charge in [-0.25, -0.2) is 4.99 Å². The summed E-state index contributed by atoms with van der Waals surface area (Å²) in [6.07, 6.45) is 4.54. The largest absolute Gasteiger partial charge is 0.435 e. The predicted molar refractivity (Wildman–Crippen MR) is 154 cm³/mol. The highest BCUT2D eigenvalue weighted by atomic mass is 35.5. The molecule has 4 nitrogen and oxygen atoms in total. The van der Waals surface area contributed by atoms with Gasteiger partial charge in [-0.3, -0.25) is 0 Å². The molecular weight excluding hydrogens is 576 g/mol. The molecule has 0 saturated heterocycles. The predicted octanol–water partition coefficient (Wildman–Crippen LogP) is 9.52. The van der Waals surface area contributed by atoms with E-state index in [0.29, 0.717) is 5.02 Å². The Labute approximate surface area is 243 Å². The monoisotopic (exact) mass is 598 g/mol. The summed E-state index contributed by atoms with van der Waals surface area (Å²) in [6, 6.07) is 20.7. The van der Waals surface area contributed by atoms with Crippen molar-refractivity contribution in [3.8, 4) is 11.5 Å². The van der Waals surface area contributed by atoms with E-state index >= 15 is 0 Å². The Morgan fingerprint density at radius 3 is 2.12 bits per heavy atom.